The van der Waals surface area contributed by atoms with E-state index in [-0.39, 0.29) is 6.10 Å². The average Bonchev–Trinajstić information content (AvgIpc) is 2.38. The number of fused-ring (bicyclic) bond motifs is 1. The van der Waals surface area contributed by atoms with Gasteiger partial charge in [-0.25, -0.2) is 0 Å². The lowest BCUT2D eigenvalue weighted by molar-refractivity contribution is 0.145. The van der Waals surface area contributed by atoms with Crippen LogP contribution >= 0.6 is 0 Å². The molecule has 0 aliphatic carbocycles. The first-order valence-corrected chi connectivity index (χ1v) is 7.27. The average molecular weight is 263 g/mol. The highest BCUT2D eigenvalue weighted by molar-refractivity contribution is 5.37. The van der Waals surface area contributed by atoms with Gasteiger partial charge >= 0.3 is 0 Å². The summed E-state index contributed by atoms with van der Waals surface area (Å²) >= 11 is 0. The van der Waals surface area contributed by atoms with E-state index in [0.29, 0.717) is 18.4 Å². The minimum absolute atomic E-state index is 0.241. The Labute approximate surface area is 116 Å². The minimum atomic E-state index is -0.241. The van der Waals surface area contributed by atoms with Crippen molar-refractivity contribution in [3.8, 4) is 5.75 Å². The van der Waals surface area contributed by atoms with Gasteiger partial charge in [0.1, 0.15) is 5.75 Å². The Morgan fingerprint density at radius 3 is 2.95 bits per heavy atom. The van der Waals surface area contributed by atoms with Gasteiger partial charge in [0.05, 0.1) is 12.7 Å². The molecule has 1 heterocycles. The molecule has 1 aliphatic rings. The van der Waals surface area contributed by atoms with Crippen LogP contribution in [0.5, 0.6) is 5.75 Å². The third-order valence-electron chi connectivity index (χ3n) is 3.60. The number of benzene rings is 1. The number of ether oxygens (including phenoxy) is 1. The van der Waals surface area contributed by atoms with E-state index in [9.17, 15) is 5.11 Å². The Morgan fingerprint density at radius 2 is 2.16 bits per heavy atom. The van der Waals surface area contributed by atoms with Crippen LogP contribution < -0.4 is 10.1 Å². The first-order valence-electron chi connectivity index (χ1n) is 7.27. The Balaban J connectivity index is 1.81. The molecule has 2 N–H and O–H groups in total. The van der Waals surface area contributed by atoms with E-state index in [1.807, 2.05) is 12.1 Å². The van der Waals surface area contributed by atoms with Crippen molar-refractivity contribution >= 4 is 0 Å². The molecular formula is C16H25NO2. The van der Waals surface area contributed by atoms with Crippen LogP contribution in [-0.4, -0.2) is 30.9 Å². The summed E-state index contributed by atoms with van der Waals surface area (Å²) in [6.45, 7) is 6.65. The van der Waals surface area contributed by atoms with Crippen molar-refractivity contribution in [1.29, 1.82) is 0 Å². The summed E-state index contributed by atoms with van der Waals surface area (Å²) in [7, 11) is 0. The number of nitrogens with one attached hydrogen (secondary N) is 1. The molecule has 3 heteroatoms. The van der Waals surface area contributed by atoms with Gasteiger partial charge in [0.25, 0.3) is 0 Å². The van der Waals surface area contributed by atoms with Gasteiger partial charge in [-0.1, -0.05) is 32.0 Å². The molecule has 0 saturated heterocycles. The fourth-order valence-corrected chi connectivity index (χ4v) is 2.68. The van der Waals surface area contributed by atoms with Crippen molar-refractivity contribution in [2.45, 2.75) is 38.7 Å². The summed E-state index contributed by atoms with van der Waals surface area (Å²) < 4.78 is 5.66. The maximum absolute atomic E-state index is 9.86. The molecule has 0 bridgehead atoms. The summed E-state index contributed by atoms with van der Waals surface area (Å²) in [6, 6.07) is 8.26. The van der Waals surface area contributed by atoms with Gasteiger partial charge in [-0.3, -0.25) is 0 Å². The van der Waals surface area contributed by atoms with Gasteiger partial charge in [-0.15, -0.1) is 0 Å². The fourth-order valence-electron chi connectivity index (χ4n) is 2.68. The number of hydrogen-bond donors (Lipinski definition) is 2. The van der Waals surface area contributed by atoms with Gasteiger partial charge in [0.15, 0.2) is 0 Å². The molecule has 1 aromatic carbocycles. The molecule has 1 aromatic rings. The summed E-state index contributed by atoms with van der Waals surface area (Å²) in [5.74, 6) is 2.06. The number of aliphatic hydroxyl groups excluding tert-OH is 1. The van der Waals surface area contributed by atoms with E-state index in [4.69, 9.17) is 4.74 Å². The van der Waals surface area contributed by atoms with E-state index >= 15 is 0 Å². The largest absolute Gasteiger partial charge is 0.493 e. The second kappa shape index (κ2) is 6.92. The first-order chi connectivity index (χ1) is 9.16. The molecule has 106 valence electrons. The van der Waals surface area contributed by atoms with Crippen LogP contribution in [0.3, 0.4) is 0 Å². The van der Waals surface area contributed by atoms with Gasteiger partial charge in [0.2, 0.25) is 0 Å². The molecule has 0 spiro atoms. The summed E-state index contributed by atoms with van der Waals surface area (Å²) in [5, 5.41) is 13.3. The Morgan fingerprint density at radius 1 is 1.37 bits per heavy atom. The predicted octanol–water partition coefficient (Wildman–Crippen LogP) is 2.55. The van der Waals surface area contributed by atoms with Crippen molar-refractivity contribution in [1.82, 2.24) is 5.32 Å². The van der Waals surface area contributed by atoms with Gasteiger partial charge < -0.3 is 15.2 Å². The fraction of sp³-hybridized carbons (Fsp3) is 0.625. The van der Waals surface area contributed by atoms with Crippen LogP contribution in [0.4, 0.5) is 0 Å². The van der Waals surface area contributed by atoms with Crippen molar-refractivity contribution in [3.63, 3.8) is 0 Å². The van der Waals surface area contributed by atoms with Crippen molar-refractivity contribution in [3.05, 3.63) is 29.8 Å². The maximum Gasteiger partial charge on any atom is 0.122 e. The lowest BCUT2D eigenvalue weighted by Gasteiger charge is -2.26. The Kier molecular flexibility index (Phi) is 5.23. The molecule has 19 heavy (non-hydrogen) atoms. The van der Waals surface area contributed by atoms with Gasteiger partial charge in [-0.2, -0.15) is 0 Å². The smallest absolute Gasteiger partial charge is 0.122 e. The van der Waals surface area contributed by atoms with Crippen molar-refractivity contribution in [2.75, 3.05) is 19.7 Å². The standard InChI is InChI=1S/C16H25NO2/c1-12(2)9-14(18)11-17-10-13-7-8-19-16-6-4-3-5-15(13)16/h3-6,12-14,17-18H,7-11H2,1-2H3. The normalized spacial score (nSPS) is 19.9. The molecule has 1 aliphatic heterocycles. The molecule has 2 unspecified atom stereocenters. The summed E-state index contributed by atoms with van der Waals surface area (Å²) in [5.41, 5.74) is 1.29. The lowest BCUT2D eigenvalue weighted by Crippen LogP contribution is -2.32. The van der Waals surface area contributed by atoms with E-state index in [0.717, 1.165) is 31.7 Å². The second-order valence-electron chi connectivity index (χ2n) is 5.81. The van der Waals surface area contributed by atoms with E-state index in [1.54, 1.807) is 0 Å². The van der Waals surface area contributed by atoms with Crippen LogP contribution in [-0.2, 0) is 0 Å². The van der Waals surface area contributed by atoms with E-state index in [2.05, 4.69) is 31.3 Å². The van der Waals surface area contributed by atoms with Crippen LogP contribution in [0, 0.1) is 5.92 Å². The topological polar surface area (TPSA) is 41.5 Å². The quantitative estimate of drug-likeness (QED) is 0.829. The number of rotatable bonds is 6. The molecule has 0 aromatic heterocycles. The minimum Gasteiger partial charge on any atom is -0.493 e. The third kappa shape index (κ3) is 4.22. The SMILES string of the molecule is CC(C)CC(O)CNCC1CCOc2ccccc21. The Bertz CT molecular complexity index is 392. The van der Waals surface area contributed by atoms with Crippen LogP contribution in [0.1, 0.15) is 38.2 Å². The zero-order chi connectivity index (χ0) is 13.7. The van der Waals surface area contributed by atoms with E-state index in [1.165, 1.54) is 5.56 Å². The summed E-state index contributed by atoms with van der Waals surface area (Å²) in [6.07, 6.45) is 1.66. The van der Waals surface area contributed by atoms with Crippen LogP contribution in [0.15, 0.2) is 24.3 Å². The molecule has 0 fully saturated rings. The lowest BCUT2D eigenvalue weighted by atomic mass is 9.93. The number of para-hydroxylation sites is 1. The number of aliphatic hydroxyl groups is 1. The van der Waals surface area contributed by atoms with Gasteiger partial charge in [0, 0.05) is 19.0 Å². The van der Waals surface area contributed by atoms with E-state index < -0.39 is 0 Å². The first kappa shape index (κ1) is 14.4. The van der Waals surface area contributed by atoms with Crippen LogP contribution in [0.2, 0.25) is 0 Å². The third-order valence-corrected chi connectivity index (χ3v) is 3.60. The number of hydrogen-bond acceptors (Lipinski definition) is 3. The zero-order valence-corrected chi connectivity index (χ0v) is 11.9. The second-order valence-corrected chi connectivity index (χ2v) is 5.81. The zero-order valence-electron chi connectivity index (χ0n) is 11.9. The molecule has 0 radical (unpaired) electrons. The molecule has 2 rings (SSSR count). The Hall–Kier alpha value is -1.06. The summed E-state index contributed by atoms with van der Waals surface area (Å²) in [4.78, 5) is 0. The monoisotopic (exact) mass is 263 g/mol. The highest BCUT2D eigenvalue weighted by Gasteiger charge is 2.20. The molecule has 2 atom stereocenters. The highest BCUT2D eigenvalue weighted by Crippen LogP contribution is 2.32. The van der Waals surface area contributed by atoms with Crippen LogP contribution in [0.25, 0.3) is 0 Å². The van der Waals surface area contributed by atoms with Crippen molar-refractivity contribution < 1.29 is 9.84 Å². The molecule has 0 amide bonds. The van der Waals surface area contributed by atoms with Crippen molar-refractivity contribution in [2.24, 2.45) is 5.92 Å². The maximum atomic E-state index is 9.86. The predicted molar refractivity (Wildman–Crippen MR) is 77.6 cm³/mol. The van der Waals surface area contributed by atoms with Gasteiger partial charge in [-0.05, 0) is 30.4 Å². The molecule has 0 saturated carbocycles. The molecular weight excluding hydrogens is 238 g/mol. The highest BCUT2D eigenvalue weighted by atomic mass is 16.5. The molecule has 3 nitrogen and oxygen atoms in total.